The van der Waals surface area contributed by atoms with Gasteiger partial charge in [-0.2, -0.15) is 0 Å². The van der Waals surface area contributed by atoms with E-state index in [2.05, 4.69) is 4.98 Å². The average molecular weight is 476 g/mol. The zero-order valence-corrected chi connectivity index (χ0v) is 19.2. The summed E-state index contributed by atoms with van der Waals surface area (Å²) >= 11 is 0. The standard InChI is InChI=1S/C20H22FN3O3S.2ClH/c1-13-19(14-5-4-6-16(11-14)28(3,25)26)20-17(7-8-18(23-20)27-2)24(13)12-15(21)9-10-22;;/h4-9,11H,10,12,22H2,1-3H3;2*1H/b15-9-;;. The van der Waals surface area contributed by atoms with E-state index >= 15 is 0 Å². The zero-order valence-electron chi connectivity index (χ0n) is 16.8. The fourth-order valence-corrected chi connectivity index (χ4v) is 3.88. The number of hydrogen-bond donors (Lipinski definition) is 1. The Bertz CT molecular complexity index is 1180. The summed E-state index contributed by atoms with van der Waals surface area (Å²) in [6.45, 7) is 1.98. The summed E-state index contributed by atoms with van der Waals surface area (Å²) in [6, 6.07) is 10.2. The first-order valence-corrected chi connectivity index (χ1v) is 10.5. The SMILES string of the molecule is COc1ccc2c(n1)c(-c1cccc(S(C)(=O)=O)c1)c(C)n2C/C(F)=C/CN.Cl.Cl. The van der Waals surface area contributed by atoms with Gasteiger partial charge in [0.2, 0.25) is 5.88 Å². The van der Waals surface area contributed by atoms with Crippen LogP contribution in [0.15, 0.2) is 53.2 Å². The van der Waals surface area contributed by atoms with E-state index in [4.69, 9.17) is 10.5 Å². The first-order chi connectivity index (χ1) is 13.3. The van der Waals surface area contributed by atoms with Crippen LogP contribution in [-0.4, -0.2) is 37.9 Å². The molecule has 0 fully saturated rings. The van der Waals surface area contributed by atoms with E-state index in [1.807, 2.05) is 19.1 Å². The Morgan fingerprint density at radius 1 is 1.27 bits per heavy atom. The maximum Gasteiger partial charge on any atom is 0.213 e. The summed E-state index contributed by atoms with van der Waals surface area (Å²) in [5.74, 6) is 0.0675. The number of hydrogen-bond acceptors (Lipinski definition) is 5. The number of nitrogens with zero attached hydrogens (tertiary/aromatic N) is 2. The molecule has 0 unspecified atom stereocenters. The van der Waals surface area contributed by atoms with Crippen LogP contribution in [0.5, 0.6) is 5.88 Å². The average Bonchev–Trinajstić information content (AvgIpc) is 2.92. The molecule has 6 nitrogen and oxygen atoms in total. The lowest BCUT2D eigenvalue weighted by molar-refractivity contribution is 0.399. The second-order valence-corrected chi connectivity index (χ2v) is 8.47. The van der Waals surface area contributed by atoms with Crippen LogP contribution < -0.4 is 10.5 Å². The number of sulfone groups is 1. The number of nitrogens with two attached hydrogens (primary N) is 1. The predicted octanol–water partition coefficient (Wildman–Crippen LogP) is 4.08. The molecule has 2 heterocycles. The zero-order chi connectivity index (χ0) is 20.5. The third-order valence-corrected chi connectivity index (χ3v) is 5.66. The molecule has 0 amide bonds. The summed E-state index contributed by atoms with van der Waals surface area (Å²) in [6.07, 6.45) is 2.49. The van der Waals surface area contributed by atoms with Crippen molar-refractivity contribution in [3.8, 4) is 17.0 Å². The van der Waals surface area contributed by atoms with Crippen LogP contribution in [0.2, 0.25) is 0 Å². The molecule has 3 aromatic rings. The molecule has 30 heavy (non-hydrogen) atoms. The van der Waals surface area contributed by atoms with Crippen LogP contribution in [0.25, 0.3) is 22.2 Å². The molecule has 0 aliphatic rings. The highest BCUT2D eigenvalue weighted by molar-refractivity contribution is 7.90. The van der Waals surface area contributed by atoms with Gasteiger partial charge in [0.25, 0.3) is 0 Å². The van der Waals surface area contributed by atoms with Crippen molar-refractivity contribution in [3.63, 3.8) is 0 Å². The molecular formula is C20H24Cl2FN3O3S. The highest BCUT2D eigenvalue weighted by Crippen LogP contribution is 2.36. The van der Waals surface area contributed by atoms with Crippen LogP contribution in [-0.2, 0) is 16.4 Å². The molecule has 0 bridgehead atoms. The van der Waals surface area contributed by atoms with Crippen LogP contribution in [0.3, 0.4) is 0 Å². The molecular weight excluding hydrogens is 452 g/mol. The molecule has 0 spiro atoms. The molecule has 10 heteroatoms. The van der Waals surface area contributed by atoms with E-state index in [0.29, 0.717) is 17.0 Å². The van der Waals surface area contributed by atoms with Gasteiger partial charge in [-0.1, -0.05) is 12.1 Å². The summed E-state index contributed by atoms with van der Waals surface area (Å²) in [4.78, 5) is 4.75. The largest absolute Gasteiger partial charge is 0.481 e. The highest BCUT2D eigenvalue weighted by Gasteiger charge is 2.20. The number of allylic oxidation sites excluding steroid dienone is 1. The number of methoxy groups -OCH3 is 1. The fourth-order valence-electron chi connectivity index (χ4n) is 3.21. The van der Waals surface area contributed by atoms with Crippen LogP contribution in [0, 0.1) is 6.92 Å². The van der Waals surface area contributed by atoms with Gasteiger partial charge in [0.1, 0.15) is 11.3 Å². The van der Waals surface area contributed by atoms with E-state index < -0.39 is 9.84 Å². The lowest BCUT2D eigenvalue weighted by Gasteiger charge is -2.08. The van der Waals surface area contributed by atoms with E-state index in [9.17, 15) is 12.8 Å². The third kappa shape index (κ3) is 5.13. The van der Waals surface area contributed by atoms with Gasteiger partial charge in [-0.3, -0.25) is 0 Å². The summed E-state index contributed by atoms with van der Waals surface area (Å²) < 4.78 is 45.2. The van der Waals surface area contributed by atoms with Crippen LogP contribution in [0.4, 0.5) is 4.39 Å². The predicted molar refractivity (Wildman–Crippen MR) is 122 cm³/mol. The minimum atomic E-state index is -3.37. The first kappa shape index (κ1) is 25.9. The molecule has 3 rings (SSSR count). The Balaban J connectivity index is 0.00000225. The van der Waals surface area contributed by atoms with Crippen molar-refractivity contribution < 1.29 is 17.5 Å². The number of pyridine rings is 1. The molecule has 2 N–H and O–H groups in total. The lowest BCUT2D eigenvalue weighted by Crippen LogP contribution is -2.03. The second kappa shape index (κ2) is 10.3. The maximum absolute atomic E-state index is 14.2. The Morgan fingerprint density at radius 3 is 2.57 bits per heavy atom. The molecule has 0 saturated heterocycles. The molecule has 0 aliphatic carbocycles. The second-order valence-electron chi connectivity index (χ2n) is 6.45. The first-order valence-electron chi connectivity index (χ1n) is 8.65. The number of ether oxygens (including phenoxy) is 1. The molecule has 1 aromatic carbocycles. The smallest absolute Gasteiger partial charge is 0.213 e. The summed E-state index contributed by atoms with van der Waals surface area (Å²) in [7, 11) is -1.85. The minimum absolute atomic E-state index is 0. The summed E-state index contributed by atoms with van der Waals surface area (Å²) in [5.41, 5.74) is 8.94. The topological polar surface area (TPSA) is 87.2 Å². The van der Waals surface area contributed by atoms with Gasteiger partial charge in [-0.15, -0.1) is 24.8 Å². The van der Waals surface area contributed by atoms with Crippen molar-refractivity contribution in [1.29, 1.82) is 0 Å². The molecule has 0 radical (unpaired) electrons. The van der Waals surface area contributed by atoms with E-state index in [1.54, 1.807) is 28.8 Å². The Labute approximate surface area is 187 Å². The third-order valence-electron chi connectivity index (χ3n) is 4.55. The maximum atomic E-state index is 14.2. The number of aromatic nitrogens is 2. The van der Waals surface area contributed by atoms with Gasteiger partial charge < -0.3 is 15.0 Å². The van der Waals surface area contributed by atoms with Crippen molar-refractivity contribution in [3.05, 3.63) is 54.0 Å². The monoisotopic (exact) mass is 475 g/mol. The molecule has 2 aromatic heterocycles. The molecule has 0 aliphatic heterocycles. The van der Waals surface area contributed by atoms with Crippen LogP contribution in [0.1, 0.15) is 5.69 Å². The van der Waals surface area contributed by atoms with Gasteiger partial charge in [-0.05, 0) is 36.8 Å². The van der Waals surface area contributed by atoms with E-state index in [0.717, 1.165) is 23.0 Å². The van der Waals surface area contributed by atoms with Gasteiger partial charge in [0.15, 0.2) is 9.84 Å². The molecule has 0 atom stereocenters. The lowest BCUT2D eigenvalue weighted by atomic mass is 10.1. The van der Waals surface area contributed by atoms with Crippen molar-refractivity contribution in [2.75, 3.05) is 19.9 Å². The van der Waals surface area contributed by atoms with Crippen molar-refractivity contribution in [2.45, 2.75) is 18.4 Å². The number of benzene rings is 1. The van der Waals surface area contributed by atoms with Crippen molar-refractivity contribution in [2.24, 2.45) is 5.73 Å². The van der Waals surface area contributed by atoms with E-state index in [-0.39, 0.29) is 48.6 Å². The van der Waals surface area contributed by atoms with Gasteiger partial charge in [-0.25, -0.2) is 17.8 Å². The Hall–Kier alpha value is -2.13. The minimum Gasteiger partial charge on any atom is -0.481 e. The molecule has 164 valence electrons. The number of fused-ring (bicyclic) bond motifs is 1. The quantitative estimate of drug-likeness (QED) is 0.580. The Morgan fingerprint density at radius 2 is 1.97 bits per heavy atom. The Kier molecular flexibility index (Phi) is 8.86. The normalized spacial score (nSPS) is 11.7. The van der Waals surface area contributed by atoms with Gasteiger partial charge in [0, 0.05) is 30.1 Å². The highest BCUT2D eigenvalue weighted by atomic mass is 35.5. The van der Waals surface area contributed by atoms with Crippen molar-refractivity contribution >= 4 is 45.7 Å². The van der Waals surface area contributed by atoms with E-state index in [1.165, 1.54) is 13.2 Å². The van der Waals surface area contributed by atoms with Gasteiger partial charge in [0.05, 0.1) is 24.1 Å². The van der Waals surface area contributed by atoms with Crippen molar-refractivity contribution in [1.82, 2.24) is 9.55 Å². The number of rotatable bonds is 6. The van der Waals surface area contributed by atoms with Gasteiger partial charge >= 0.3 is 0 Å². The van der Waals surface area contributed by atoms with Crippen LogP contribution >= 0.6 is 24.8 Å². The fraction of sp³-hybridized carbons (Fsp3) is 0.250. The molecule has 0 saturated carbocycles. The number of halogens is 3. The summed E-state index contributed by atoms with van der Waals surface area (Å²) in [5, 5.41) is 0.